The highest BCUT2D eigenvalue weighted by Crippen LogP contribution is 2.45. The number of fused-ring (bicyclic) bond motifs is 6. The van der Waals surface area contributed by atoms with E-state index in [-0.39, 0.29) is 29.5 Å². The van der Waals surface area contributed by atoms with E-state index in [9.17, 15) is 9.59 Å². The predicted octanol–water partition coefficient (Wildman–Crippen LogP) is 5.64. The van der Waals surface area contributed by atoms with Crippen molar-refractivity contribution in [2.24, 2.45) is 0 Å². The number of anilines is 2. The fourth-order valence-corrected chi connectivity index (χ4v) is 8.17. The summed E-state index contributed by atoms with van der Waals surface area (Å²) in [7, 11) is 4.08. The van der Waals surface area contributed by atoms with Crippen molar-refractivity contribution in [1.82, 2.24) is 29.3 Å². The van der Waals surface area contributed by atoms with Gasteiger partial charge in [0.15, 0.2) is 11.2 Å². The number of carbonyl (C=O) groups excluding carboxylic acids is 1. The number of hydrogen-bond acceptors (Lipinski definition) is 9. The van der Waals surface area contributed by atoms with E-state index in [1.807, 2.05) is 58.0 Å². The molecule has 13 heteroatoms. The van der Waals surface area contributed by atoms with Crippen LogP contribution in [0.3, 0.4) is 0 Å². The third kappa shape index (κ3) is 5.87. The lowest BCUT2D eigenvalue weighted by molar-refractivity contribution is -0.128. The largest absolute Gasteiger partial charge is 0.417 e. The zero-order valence-corrected chi connectivity index (χ0v) is 31.5. The molecule has 1 fully saturated rings. The first kappa shape index (κ1) is 35.5. The van der Waals surface area contributed by atoms with Gasteiger partial charge in [-0.15, -0.1) is 0 Å². The fraction of sp³-hybridized carbons (Fsp3) is 0.410. The number of nitrogens with zero attached hydrogens (tertiary/aromatic N) is 7. The second-order valence-corrected chi connectivity index (χ2v) is 15.1. The molecule has 12 nitrogen and oxygen atoms in total. The molecule has 4 aromatic heterocycles. The number of aromatic amines is 1. The maximum atomic E-state index is 15.5. The molecule has 52 heavy (non-hydrogen) atoms. The van der Waals surface area contributed by atoms with Gasteiger partial charge in [0, 0.05) is 49.4 Å². The highest BCUT2D eigenvalue weighted by Gasteiger charge is 2.42. The van der Waals surface area contributed by atoms with E-state index >= 15 is 4.79 Å². The standard InChI is InChI=1S/C39H45ClN8O4/c1-9-29(49)46-20-25-19-45(16-10-15-44(7)8)35-34(47(25)18-24(46)6)26-17-27(40)32(30-22(4)11-12-28-36(30)52-39(51)42-28)43-37(26)48(38(35)50)33-23(5)13-14-41-31(33)21(2)3/h9,11-14,17,21,24-25H,1,10,15-16,18-20H2,2-8H3,(H,42,51). The summed E-state index contributed by atoms with van der Waals surface area (Å²) in [5.74, 6) is -0.691. The molecule has 0 spiro atoms. The number of oxazole rings is 1. The molecule has 5 aromatic rings. The minimum atomic E-state index is -0.583. The number of amides is 1. The van der Waals surface area contributed by atoms with Crippen molar-refractivity contribution in [1.29, 1.82) is 0 Å². The monoisotopic (exact) mass is 724 g/mol. The van der Waals surface area contributed by atoms with Crippen molar-refractivity contribution in [3.05, 3.63) is 85.9 Å². The summed E-state index contributed by atoms with van der Waals surface area (Å²) in [6, 6.07) is 7.24. The number of hydrogen-bond donors (Lipinski definition) is 1. The van der Waals surface area contributed by atoms with Crippen LogP contribution in [0.2, 0.25) is 5.02 Å². The number of carbonyl (C=O) groups is 1. The number of benzene rings is 1. The van der Waals surface area contributed by atoms with Crippen LogP contribution in [-0.2, 0) is 4.79 Å². The Kier molecular flexibility index (Phi) is 9.24. The Hall–Kier alpha value is -4.94. The molecule has 2 aliphatic rings. The van der Waals surface area contributed by atoms with Gasteiger partial charge in [-0.1, -0.05) is 38.1 Å². The molecule has 7 rings (SSSR count). The van der Waals surface area contributed by atoms with Crippen molar-refractivity contribution < 1.29 is 9.21 Å². The second-order valence-electron chi connectivity index (χ2n) is 14.6. The van der Waals surface area contributed by atoms with Crippen LogP contribution in [0.1, 0.15) is 49.9 Å². The first-order chi connectivity index (χ1) is 24.8. The fourth-order valence-electron chi connectivity index (χ4n) is 7.93. The summed E-state index contributed by atoms with van der Waals surface area (Å²) in [4.78, 5) is 62.1. The van der Waals surface area contributed by atoms with Gasteiger partial charge in [-0.3, -0.25) is 24.1 Å². The molecule has 2 atom stereocenters. The van der Waals surface area contributed by atoms with E-state index in [1.54, 1.807) is 16.8 Å². The van der Waals surface area contributed by atoms with Gasteiger partial charge in [0.25, 0.3) is 5.56 Å². The molecule has 1 amide bonds. The number of H-pyrrole nitrogens is 1. The molecule has 0 aliphatic carbocycles. The molecule has 6 heterocycles. The van der Waals surface area contributed by atoms with Crippen LogP contribution in [0, 0.1) is 13.8 Å². The van der Waals surface area contributed by atoms with Crippen LogP contribution in [0.5, 0.6) is 0 Å². The van der Waals surface area contributed by atoms with Gasteiger partial charge in [-0.2, -0.15) is 0 Å². The van der Waals surface area contributed by atoms with Crippen LogP contribution >= 0.6 is 11.6 Å². The number of pyridine rings is 3. The van der Waals surface area contributed by atoms with E-state index < -0.39 is 5.76 Å². The van der Waals surface area contributed by atoms with E-state index in [0.717, 1.165) is 35.5 Å². The number of piperazine rings is 1. The SMILES string of the molecule is C=CC(=O)N1CC2CN(CCCN(C)C)c3c(c4cc(Cl)c(-c5c(C)ccc6[nH]c(=O)oc56)nc4n(-c4c(C)ccnc4C(C)C)c3=O)N2CC1C. The third-order valence-electron chi connectivity index (χ3n) is 10.4. The quantitative estimate of drug-likeness (QED) is 0.203. The molecular weight excluding hydrogens is 680 g/mol. The van der Waals surface area contributed by atoms with Crippen molar-refractivity contribution in [3.8, 4) is 16.9 Å². The van der Waals surface area contributed by atoms with Crippen molar-refractivity contribution >= 4 is 51.0 Å². The molecular formula is C39H45ClN8O4. The Balaban J connectivity index is 1.59. The summed E-state index contributed by atoms with van der Waals surface area (Å²) < 4.78 is 7.36. The van der Waals surface area contributed by atoms with Crippen molar-refractivity contribution in [2.75, 3.05) is 56.6 Å². The van der Waals surface area contributed by atoms with E-state index in [1.165, 1.54) is 6.08 Å². The van der Waals surface area contributed by atoms with Crippen LogP contribution < -0.4 is 21.1 Å². The van der Waals surface area contributed by atoms with Gasteiger partial charge < -0.3 is 24.0 Å². The topological polar surface area (TPSA) is 124 Å². The lowest BCUT2D eigenvalue weighted by Crippen LogP contribution is -2.64. The Morgan fingerprint density at radius 2 is 1.88 bits per heavy atom. The molecule has 1 saturated heterocycles. The summed E-state index contributed by atoms with van der Waals surface area (Å²) in [6.45, 7) is 16.8. The first-order valence-electron chi connectivity index (χ1n) is 17.8. The Morgan fingerprint density at radius 1 is 1.12 bits per heavy atom. The van der Waals surface area contributed by atoms with Gasteiger partial charge in [0.05, 0.1) is 39.3 Å². The summed E-state index contributed by atoms with van der Waals surface area (Å²) >= 11 is 7.26. The predicted molar refractivity (Wildman–Crippen MR) is 207 cm³/mol. The molecule has 2 aliphatic heterocycles. The summed E-state index contributed by atoms with van der Waals surface area (Å²) in [5.41, 5.74) is 6.52. The normalized spacial score (nSPS) is 17.4. The zero-order valence-electron chi connectivity index (χ0n) is 30.8. The molecule has 2 unspecified atom stereocenters. The zero-order chi connectivity index (χ0) is 37.2. The number of aromatic nitrogens is 4. The van der Waals surface area contributed by atoms with Crippen molar-refractivity contribution in [3.63, 3.8) is 0 Å². The molecule has 0 bridgehead atoms. The Labute approximate surface area is 307 Å². The van der Waals surface area contributed by atoms with Crippen LogP contribution in [0.15, 0.2) is 57.1 Å². The van der Waals surface area contributed by atoms with E-state index in [0.29, 0.717) is 76.0 Å². The number of halogens is 1. The number of aryl methyl sites for hydroxylation is 2. The van der Waals surface area contributed by atoms with Gasteiger partial charge in [-0.25, -0.2) is 9.78 Å². The average molecular weight is 725 g/mol. The van der Waals surface area contributed by atoms with Gasteiger partial charge in [-0.05, 0) is 89.2 Å². The number of rotatable bonds is 8. The Bertz CT molecular complexity index is 2360. The smallest absolute Gasteiger partial charge is 0.407 e. The highest BCUT2D eigenvalue weighted by molar-refractivity contribution is 6.34. The Morgan fingerprint density at radius 3 is 2.60 bits per heavy atom. The summed E-state index contributed by atoms with van der Waals surface area (Å²) in [5, 5.41) is 1.06. The first-order valence-corrected chi connectivity index (χ1v) is 18.2. The van der Waals surface area contributed by atoms with Crippen LogP contribution in [0.4, 0.5) is 11.4 Å². The van der Waals surface area contributed by atoms with Crippen LogP contribution in [0.25, 0.3) is 39.1 Å². The van der Waals surface area contributed by atoms with Gasteiger partial charge in [0.1, 0.15) is 5.69 Å². The maximum absolute atomic E-state index is 15.5. The molecule has 272 valence electrons. The lowest BCUT2D eigenvalue weighted by atomic mass is 9.97. The molecule has 0 radical (unpaired) electrons. The average Bonchev–Trinajstić information content (AvgIpc) is 3.48. The number of nitrogens with one attached hydrogen (secondary N) is 1. The summed E-state index contributed by atoms with van der Waals surface area (Å²) in [6.07, 6.45) is 3.97. The van der Waals surface area contributed by atoms with Crippen molar-refractivity contribution in [2.45, 2.75) is 59.0 Å². The van der Waals surface area contributed by atoms with Gasteiger partial charge in [0.2, 0.25) is 5.91 Å². The van der Waals surface area contributed by atoms with Crippen LogP contribution in [-0.4, -0.2) is 94.1 Å². The highest BCUT2D eigenvalue weighted by atomic mass is 35.5. The van der Waals surface area contributed by atoms with E-state index in [4.69, 9.17) is 26.0 Å². The minimum Gasteiger partial charge on any atom is -0.407 e. The molecule has 0 saturated carbocycles. The third-order valence-corrected chi connectivity index (χ3v) is 10.7. The lowest BCUT2D eigenvalue weighted by Gasteiger charge is -2.52. The molecule has 1 aromatic carbocycles. The molecule has 1 N–H and O–H groups in total. The minimum absolute atomic E-state index is 0.00155. The second kappa shape index (κ2) is 13.6. The maximum Gasteiger partial charge on any atom is 0.417 e. The van der Waals surface area contributed by atoms with Gasteiger partial charge >= 0.3 is 5.76 Å². The van der Waals surface area contributed by atoms with E-state index in [2.05, 4.69) is 40.1 Å².